The van der Waals surface area contributed by atoms with Crippen LogP contribution in [0.4, 0.5) is 0 Å². The first kappa shape index (κ1) is 20.7. The number of nitrogens with zero attached hydrogens (tertiary/aromatic N) is 3. The first-order chi connectivity index (χ1) is 19.4. The second kappa shape index (κ2) is 7.62. The van der Waals surface area contributed by atoms with E-state index in [0.29, 0.717) is 5.95 Å². The molecule has 0 N–H and O–H groups in total. The predicted molar refractivity (Wildman–Crippen MR) is 161 cm³/mol. The molecule has 0 atom stereocenters. The molecule has 0 saturated carbocycles. The molecule has 0 spiro atoms. The molecule has 39 heavy (non-hydrogen) atoms. The van der Waals surface area contributed by atoms with Gasteiger partial charge in [0.05, 0.1) is 22.2 Å². The quantitative estimate of drug-likeness (QED) is 0.239. The van der Waals surface area contributed by atoms with E-state index in [1.165, 1.54) is 43.8 Å². The van der Waals surface area contributed by atoms with Gasteiger partial charge in [0.1, 0.15) is 0 Å². The zero-order valence-electron chi connectivity index (χ0n) is 21.0. The third kappa shape index (κ3) is 2.76. The van der Waals surface area contributed by atoms with Gasteiger partial charge in [-0.2, -0.15) is 0 Å². The fraction of sp³-hybridized carbons (Fsp3) is 0. The third-order valence-corrected chi connectivity index (χ3v) is 8.14. The molecule has 8 aromatic rings. The highest BCUT2D eigenvalue weighted by atomic mass is 15.2. The normalized spacial score (nSPS) is 12.1. The Hall–Kier alpha value is -5.28. The van der Waals surface area contributed by atoms with Gasteiger partial charge in [0.25, 0.3) is 0 Å². The Morgan fingerprint density at radius 3 is 2.08 bits per heavy atom. The van der Waals surface area contributed by atoms with E-state index >= 15 is 0 Å². The van der Waals surface area contributed by atoms with Crippen LogP contribution in [0.5, 0.6) is 0 Å². The fourth-order valence-corrected chi connectivity index (χ4v) is 6.53. The zero-order chi connectivity index (χ0) is 25.5. The van der Waals surface area contributed by atoms with Crippen molar-refractivity contribution in [2.45, 2.75) is 0 Å². The van der Waals surface area contributed by atoms with Crippen molar-refractivity contribution in [3.63, 3.8) is 0 Å². The molecule has 3 nitrogen and oxygen atoms in total. The molecule has 3 heteroatoms. The van der Waals surface area contributed by atoms with Crippen LogP contribution in [0, 0.1) is 0 Å². The molecular formula is C36H21N3. The average Bonchev–Trinajstić information content (AvgIpc) is 3.51. The monoisotopic (exact) mass is 495 g/mol. The first-order valence-electron chi connectivity index (χ1n) is 13.3. The lowest BCUT2D eigenvalue weighted by Gasteiger charge is -2.12. The van der Waals surface area contributed by atoms with E-state index in [4.69, 9.17) is 9.97 Å². The highest BCUT2D eigenvalue weighted by molar-refractivity contribution is 6.26. The molecule has 0 bridgehead atoms. The Kier molecular flexibility index (Phi) is 4.05. The van der Waals surface area contributed by atoms with Crippen LogP contribution in [0.3, 0.4) is 0 Å². The summed E-state index contributed by atoms with van der Waals surface area (Å²) in [5.74, 6) is 0.687. The molecule has 0 saturated heterocycles. The van der Waals surface area contributed by atoms with Crippen LogP contribution in [0.1, 0.15) is 0 Å². The van der Waals surface area contributed by atoms with E-state index in [1.807, 2.05) is 12.1 Å². The maximum atomic E-state index is 5.24. The summed E-state index contributed by atoms with van der Waals surface area (Å²) >= 11 is 0. The van der Waals surface area contributed by atoms with E-state index in [9.17, 15) is 0 Å². The minimum atomic E-state index is 0.687. The smallest absolute Gasteiger partial charge is 0.235 e. The third-order valence-electron chi connectivity index (χ3n) is 8.14. The minimum absolute atomic E-state index is 0.687. The molecule has 0 fully saturated rings. The second-order valence-electron chi connectivity index (χ2n) is 10.2. The van der Waals surface area contributed by atoms with Gasteiger partial charge in [-0.1, -0.05) is 109 Å². The molecule has 180 valence electrons. The van der Waals surface area contributed by atoms with E-state index in [0.717, 1.165) is 33.2 Å². The fourth-order valence-electron chi connectivity index (χ4n) is 6.53. The molecule has 2 heterocycles. The number of para-hydroxylation sites is 2. The van der Waals surface area contributed by atoms with Crippen molar-refractivity contribution in [3.8, 4) is 39.5 Å². The predicted octanol–water partition coefficient (Wildman–Crippen LogP) is 9.19. The summed E-state index contributed by atoms with van der Waals surface area (Å²) in [7, 11) is 0. The minimum Gasteiger partial charge on any atom is -0.278 e. The van der Waals surface area contributed by atoms with Gasteiger partial charge < -0.3 is 0 Å². The summed E-state index contributed by atoms with van der Waals surface area (Å²) < 4.78 is 2.24. The summed E-state index contributed by atoms with van der Waals surface area (Å²) in [5, 5.41) is 6.14. The summed E-state index contributed by atoms with van der Waals surface area (Å²) in [6.45, 7) is 0. The number of hydrogen-bond acceptors (Lipinski definition) is 2. The topological polar surface area (TPSA) is 30.7 Å². The number of fused-ring (bicyclic) bond motifs is 8. The standard InChI is InChI=1S/C36H21N3/c1-2-10-23(11-3-1)35-26-14-4-6-18-29(26)37-36(38-35)39-30-19-7-5-15-27(30)34-31(39)21-20-25-24-16-8-12-22-13-9-17-28(32(22)24)33(25)34/h1-21H. The molecule has 0 aliphatic heterocycles. The van der Waals surface area contributed by atoms with Gasteiger partial charge in [-0.3, -0.25) is 4.57 Å². The van der Waals surface area contributed by atoms with Crippen molar-refractivity contribution in [1.29, 1.82) is 0 Å². The van der Waals surface area contributed by atoms with Gasteiger partial charge in [-0.05, 0) is 45.7 Å². The van der Waals surface area contributed by atoms with Crippen LogP contribution in [0.25, 0.3) is 82.9 Å². The Labute approximate surface area is 224 Å². The Bertz CT molecular complexity index is 2270. The van der Waals surface area contributed by atoms with Gasteiger partial charge in [-0.25, -0.2) is 9.97 Å². The highest BCUT2D eigenvalue weighted by Gasteiger charge is 2.27. The van der Waals surface area contributed by atoms with Crippen LogP contribution in [0.15, 0.2) is 127 Å². The Balaban J connectivity index is 1.43. The Morgan fingerprint density at radius 1 is 0.462 bits per heavy atom. The van der Waals surface area contributed by atoms with E-state index in [-0.39, 0.29) is 0 Å². The van der Waals surface area contributed by atoms with Crippen molar-refractivity contribution in [1.82, 2.24) is 14.5 Å². The van der Waals surface area contributed by atoms with Crippen molar-refractivity contribution >= 4 is 43.5 Å². The van der Waals surface area contributed by atoms with Gasteiger partial charge in [0.2, 0.25) is 5.95 Å². The molecule has 0 radical (unpaired) electrons. The molecule has 1 aliphatic carbocycles. The summed E-state index contributed by atoms with van der Waals surface area (Å²) in [6.07, 6.45) is 0. The highest BCUT2D eigenvalue weighted by Crippen LogP contribution is 2.52. The Morgan fingerprint density at radius 2 is 1.21 bits per heavy atom. The molecule has 6 aromatic carbocycles. The van der Waals surface area contributed by atoms with E-state index in [2.05, 4.69) is 120 Å². The largest absolute Gasteiger partial charge is 0.278 e. The lowest BCUT2D eigenvalue weighted by Crippen LogP contribution is -2.03. The van der Waals surface area contributed by atoms with Crippen LogP contribution < -0.4 is 0 Å². The van der Waals surface area contributed by atoms with Gasteiger partial charge in [0.15, 0.2) is 0 Å². The van der Waals surface area contributed by atoms with Crippen LogP contribution >= 0.6 is 0 Å². The number of aromatic nitrogens is 3. The summed E-state index contributed by atoms with van der Waals surface area (Å²) in [6, 6.07) is 45.2. The molecule has 1 aliphatic rings. The van der Waals surface area contributed by atoms with Crippen LogP contribution in [-0.4, -0.2) is 14.5 Å². The number of benzene rings is 6. The van der Waals surface area contributed by atoms with Crippen molar-refractivity contribution in [2.24, 2.45) is 0 Å². The van der Waals surface area contributed by atoms with Crippen molar-refractivity contribution in [2.75, 3.05) is 0 Å². The van der Waals surface area contributed by atoms with Crippen molar-refractivity contribution < 1.29 is 0 Å². The second-order valence-corrected chi connectivity index (χ2v) is 10.2. The maximum absolute atomic E-state index is 5.24. The molecular weight excluding hydrogens is 474 g/mol. The van der Waals surface area contributed by atoms with Gasteiger partial charge in [0, 0.05) is 27.3 Å². The zero-order valence-corrected chi connectivity index (χ0v) is 21.0. The number of hydrogen-bond donors (Lipinski definition) is 0. The summed E-state index contributed by atoms with van der Waals surface area (Å²) in [5.41, 5.74) is 10.4. The number of rotatable bonds is 2. The molecule has 0 unspecified atom stereocenters. The maximum Gasteiger partial charge on any atom is 0.235 e. The molecule has 9 rings (SSSR count). The lowest BCUT2D eigenvalue weighted by atomic mass is 9.98. The van der Waals surface area contributed by atoms with E-state index in [1.54, 1.807) is 0 Å². The average molecular weight is 496 g/mol. The summed E-state index contributed by atoms with van der Waals surface area (Å²) in [4.78, 5) is 10.4. The first-order valence-corrected chi connectivity index (χ1v) is 13.3. The molecule has 2 aromatic heterocycles. The van der Waals surface area contributed by atoms with Gasteiger partial charge >= 0.3 is 0 Å². The molecule has 0 amide bonds. The van der Waals surface area contributed by atoms with Crippen molar-refractivity contribution in [3.05, 3.63) is 127 Å². The van der Waals surface area contributed by atoms with E-state index < -0.39 is 0 Å². The van der Waals surface area contributed by atoms with Crippen LogP contribution in [-0.2, 0) is 0 Å². The lowest BCUT2D eigenvalue weighted by molar-refractivity contribution is 1.01. The van der Waals surface area contributed by atoms with Gasteiger partial charge in [-0.15, -0.1) is 0 Å². The SMILES string of the molecule is c1ccc(-c2nc(-n3c4ccccc4c4c5c(ccc43)-c3cccc4cccc-5c34)nc3ccccc23)cc1. The van der Waals surface area contributed by atoms with Crippen LogP contribution in [0.2, 0.25) is 0 Å².